The lowest BCUT2D eigenvalue weighted by Crippen LogP contribution is -1.87. The molecule has 0 amide bonds. The maximum Gasteiger partial charge on any atom is 0.0325 e. The van der Waals surface area contributed by atoms with Crippen molar-refractivity contribution in [1.82, 2.24) is 0 Å². The van der Waals surface area contributed by atoms with Gasteiger partial charge in [0.25, 0.3) is 0 Å². The van der Waals surface area contributed by atoms with Crippen LogP contribution in [0.15, 0.2) is 46.9 Å². The standard InChI is InChI=1S/C12H11BrN2.CH4/c13-12-7-10(15)5-6-11(12)8-1-3-9(14)4-2-8;/h1-7H,14-15H2;1H4. The normalized spacial score (nSPS) is 9.56. The van der Waals surface area contributed by atoms with Crippen LogP contribution in [-0.4, -0.2) is 0 Å². The molecular formula is C13H15BrN2. The SMILES string of the molecule is C.Nc1ccc(-c2ccc(N)cc2Br)cc1. The maximum atomic E-state index is 5.68. The van der Waals surface area contributed by atoms with Gasteiger partial charge >= 0.3 is 0 Å². The summed E-state index contributed by atoms with van der Waals surface area (Å²) in [6.45, 7) is 0. The molecule has 0 radical (unpaired) electrons. The van der Waals surface area contributed by atoms with Gasteiger partial charge in [-0.2, -0.15) is 0 Å². The third-order valence-corrected chi connectivity index (χ3v) is 2.87. The Morgan fingerprint density at radius 1 is 0.812 bits per heavy atom. The molecule has 2 aromatic carbocycles. The molecule has 0 aliphatic carbocycles. The second-order valence-corrected chi connectivity index (χ2v) is 4.22. The highest BCUT2D eigenvalue weighted by molar-refractivity contribution is 9.10. The highest BCUT2D eigenvalue weighted by atomic mass is 79.9. The molecule has 0 aliphatic rings. The topological polar surface area (TPSA) is 52.0 Å². The Bertz CT molecular complexity index is 478. The molecule has 0 aliphatic heterocycles. The number of halogens is 1. The van der Waals surface area contributed by atoms with Gasteiger partial charge in [0.1, 0.15) is 0 Å². The summed E-state index contributed by atoms with van der Waals surface area (Å²) in [5, 5.41) is 0. The van der Waals surface area contributed by atoms with Crippen molar-refractivity contribution in [2.75, 3.05) is 11.5 Å². The van der Waals surface area contributed by atoms with Crippen LogP contribution < -0.4 is 11.5 Å². The number of hydrogen-bond acceptors (Lipinski definition) is 2. The summed E-state index contributed by atoms with van der Waals surface area (Å²) in [6.07, 6.45) is 0. The van der Waals surface area contributed by atoms with Crippen molar-refractivity contribution in [1.29, 1.82) is 0 Å². The molecule has 0 fully saturated rings. The Balaban J connectivity index is 0.00000128. The molecule has 0 aromatic heterocycles. The van der Waals surface area contributed by atoms with Crippen LogP contribution in [-0.2, 0) is 0 Å². The van der Waals surface area contributed by atoms with E-state index in [0.29, 0.717) is 0 Å². The first-order valence-electron chi connectivity index (χ1n) is 4.58. The van der Waals surface area contributed by atoms with Gasteiger partial charge in [-0.25, -0.2) is 0 Å². The molecule has 0 unspecified atom stereocenters. The van der Waals surface area contributed by atoms with Gasteiger partial charge < -0.3 is 11.5 Å². The minimum Gasteiger partial charge on any atom is -0.399 e. The summed E-state index contributed by atoms with van der Waals surface area (Å²) in [7, 11) is 0. The molecule has 0 bridgehead atoms. The van der Waals surface area contributed by atoms with Crippen LogP contribution in [0, 0.1) is 0 Å². The van der Waals surface area contributed by atoms with Gasteiger partial charge in [0.15, 0.2) is 0 Å². The van der Waals surface area contributed by atoms with Gasteiger partial charge in [-0.1, -0.05) is 41.6 Å². The van der Waals surface area contributed by atoms with E-state index in [0.717, 1.165) is 27.0 Å². The first-order chi connectivity index (χ1) is 7.16. The summed E-state index contributed by atoms with van der Waals surface area (Å²) in [4.78, 5) is 0. The van der Waals surface area contributed by atoms with Crippen molar-refractivity contribution in [2.24, 2.45) is 0 Å². The third kappa shape index (κ3) is 2.55. The molecule has 4 N–H and O–H groups in total. The summed E-state index contributed by atoms with van der Waals surface area (Å²) in [6, 6.07) is 13.5. The average Bonchev–Trinajstić information content (AvgIpc) is 2.20. The van der Waals surface area contributed by atoms with Crippen LogP contribution in [0.25, 0.3) is 11.1 Å². The summed E-state index contributed by atoms with van der Waals surface area (Å²) in [5.41, 5.74) is 15.1. The molecular weight excluding hydrogens is 264 g/mol. The van der Waals surface area contributed by atoms with Crippen LogP contribution in [0.2, 0.25) is 0 Å². The fourth-order valence-electron chi connectivity index (χ4n) is 1.43. The summed E-state index contributed by atoms with van der Waals surface area (Å²) in [5.74, 6) is 0. The van der Waals surface area contributed by atoms with E-state index in [9.17, 15) is 0 Å². The molecule has 3 heteroatoms. The molecule has 0 heterocycles. The second kappa shape index (κ2) is 5.03. The zero-order chi connectivity index (χ0) is 10.8. The minimum atomic E-state index is 0. The Kier molecular flexibility index (Phi) is 3.96. The number of nitrogen functional groups attached to an aromatic ring is 2. The van der Waals surface area contributed by atoms with Gasteiger partial charge in [-0.3, -0.25) is 0 Å². The van der Waals surface area contributed by atoms with Gasteiger partial charge in [0.05, 0.1) is 0 Å². The number of nitrogens with two attached hydrogens (primary N) is 2. The zero-order valence-electron chi connectivity index (χ0n) is 8.07. The molecule has 16 heavy (non-hydrogen) atoms. The van der Waals surface area contributed by atoms with E-state index in [1.807, 2.05) is 42.5 Å². The van der Waals surface area contributed by atoms with Gasteiger partial charge in [0.2, 0.25) is 0 Å². The van der Waals surface area contributed by atoms with Crippen molar-refractivity contribution >= 4 is 27.3 Å². The van der Waals surface area contributed by atoms with E-state index in [2.05, 4.69) is 15.9 Å². The average molecular weight is 279 g/mol. The van der Waals surface area contributed by atoms with E-state index in [1.54, 1.807) is 0 Å². The van der Waals surface area contributed by atoms with Crippen molar-refractivity contribution in [3.63, 3.8) is 0 Å². The van der Waals surface area contributed by atoms with Crippen LogP contribution in [0.5, 0.6) is 0 Å². The monoisotopic (exact) mass is 278 g/mol. The number of rotatable bonds is 1. The molecule has 0 saturated carbocycles. The van der Waals surface area contributed by atoms with Crippen LogP contribution in [0.4, 0.5) is 11.4 Å². The molecule has 84 valence electrons. The largest absolute Gasteiger partial charge is 0.399 e. The highest BCUT2D eigenvalue weighted by Crippen LogP contribution is 2.30. The van der Waals surface area contributed by atoms with Crippen molar-refractivity contribution < 1.29 is 0 Å². The number of benzene rings is 2. The quantitative estimate of drug-likeness (QED) is 0.777. The maximum absolute atomic E-state index is 5.68. The number of anilines is 2. The summed E-state index contributed by atoms with van der Waals surface area (Å²) >= 11 is 3.49. The minimum absolute atomic E-state index is 0. The molecule has 2 rings (SSSR count). The van der Waals surface area contributed by atoms with Crippen LogP contribution in [0.3, 0.4) is 0 Å². The Labute approximate surface area is 104 Å². The Hall–Kier alpha value is -1.48. The first kappa shape index (κ1) is 12.6. The van der Waals surface area contributed by atoms with Crippen molar-refractivity contribution in [3.8, 4) is 11.1 Å². The summed E-state index contributed by atoms with van der Waals surface area (Å²) < 4.78 is 0.993. The van der Waals surface area contributed by atoms with E-state index in [4.69, 9.17) is 11.5 Å². The molecule has 0 saturated heterocycles. The lowest BCUT2D eigenvalue weighted by molar-refractivity contribution is 1.58. The van der Waals surface area contributed by atoms with Gasteiger partial charge in [-0.05, 0) is 35.4 Å². The van der Waals surface area contributed by atoms with E-state index in [-0.39, 0.29) is 7.43 Å². The fraction of sp³-hybridized carbons (Fsp3) is 0.0769. The fourth-order valence-corrected chi connectivity index (χ4v) is 2.05. The first-order valence-corrected chi connectivity index (χ1v) is 5.37. The second-order valence-electron chi connectivity index (χ2n) is 3.36. The van der Waals surface area contributed by atoms with Crippen LogP contribution >= 0.6 is 15.9 Å². The van der Waals surface area contributed by atoms with Gasteiger partial charge in [0, 0.05) is 15.8 Å². The van der Waals surface area contributed by atoms with E-state index in [1.165, 1.54) is 0 Å². The molecule has 2 nitrogen and oxygen atoms in total. The van der Waals surface area contributed by atoms with E-state index < -0.39 is 0 Å². The molecule has 0 atom stereocenters. The smallest absolute Gasteiger partial charge is 0.0325 e. The Morgan fingerprint density at radius 2 is 1.38 bits per heavy atom. The predicted octanol–water partition coefficient (Wildman–Crippen LogP) is 3.92. The van der Waals surface area contributed by atoms with Crippen molar-refractivity contribution in [2.45, 2.75) is 7.43 Å². The third-order valence-electron chi connectivity index (χ3n) is 2.21. The Morgan fingerprint density at radius 3 is 1.94 bits per heavy atom. The molecule has 0 spiro atoms. The van der Waals surface area contributed by atoms with Crippen molar-refractivity contribution in [3.05, 3.63) is 46.9 Å². The van der Waals surface area contributed by atoms with Crippen LogP contribution in [0.1, 0.15) is 7.43 Å². The van der Waals surface area contributed by atoms with Gasteiger partial charge in [-0.15, -0.1) is 0 Å². The number of hydrogen-bond donors (Lipinski definition) is 2. The van der Waals surface area contributed by atoms with E-state index >= 15 is 0 Å². The zero-order valence-corrected chi connectivity index (χ0v) is 9.66. The molecule has 2 aromatic rings. The lowest BCUT2D eigenvalue weighted by Gasteiger charge is -2.05. The predicted molar refractivity (Wildman–Crippen MR) is 75.1 cm³/mol. The highest BCUT2D eigenvalue weighted by Gasteiger charge is 2.02. The lowest BCUT2D eigenvalue weighted by atomic mass is 10.1.